The van der Waals surface area contributed by atoms with Crippen molar-refractivity contribution in [3.8, 4) is 11.3 Å². The number of benzene rings is 2. The Morgan fingerprint density at radius 3 is 1.88 bits per heavy atom. The summed E-state index contributed by atoms with van der Waals surface area (Å²) in [4.78, 5) is 0. The number of furan rings is 1. The molecule has 0 bridgehead atoms. The van der Waals surface area contributed by atoms with Crippen molar-refractivity contribution in [3.05, 3.63) is 58.9 Å². The quantitative estimate of drug-likeness (QED) is 0.398. The minimum atomic E-state index is -5.63. The highest BCUT2D eigenvalue weighted by atomic mass is 19.4. The number of hydrogen-bond acceptors (Lipinski definition) is 1. The van der Waals surface area contributed by atoms with Gasteiger partial charge in [0.2, 0.25) is 0 Å². The monoisotopic (exact) mass is 352 g/mol. The van der Waals surface area contributed by atoms with Crippen LogP contribution in [0, 0.1) is 29.1 Å². The number of fused-ring (bicyclic) bond motifs is 1. The molecule has 9 heteroatoms. The van der Waals surface area contributed by atoms with Crippen LogP contribution in [0.5, 0.6) is 0 Å². The van der Waals surface area contributed by atoms with E-state index in [1.165, 1.54) is 0 Å². The molecule has 3 aromatic rings. The van der Waals surface area contributed by atoms with Crippen LogP contribution in [0.4, 0.5) is 35.1 Å². The summed E-state index contributed by atoms with van der Waals surface area (Å²) in [5.74, 6) is -11.2. The van der Waals surface area contributed by atoms with E-state index in [0.29, 0.717) is 0 Å². The van der Waals surface area contributed by atoms with E-state index in [9.17, 15) is 35.1 Å². The Bertz CT molecular complexity index is 925. The van der Waals surface area contributed by atoms with E-state index in [0.717, 1.165) is 24.3 Å². The van der Waals surface area contributed by atoms with Crippen LogP contribution in [-0.4, -0.2) is 0 Å². The summed E-state index contributed by atoms with van der Waals surface area (Å²) in [6.45, 7) is 0. The topological polar surface area (TPSA) is 13.1 Å². The first-order chi connectivity index (χ1) is 11.1. The Labute approximate surface area is 128 Å². The zero-order valence-electron chi connectivity index (χ0n) is 11.2. The summed E-state index contributed by atoms with van der Waals surface area (Å²) in [7, 11) is 0. The maximum atomic E-state index is 13.9. The minimum absolute atomic E-state index is 0.00418. The van der Waals surface area contributed by atoms with Crippen molar-refractivity contribution in [1.82, 2.24) is 0 Å². The predicted octanol–water partition coefficient (Wildman–Crippen LogP) is 5.81. The molecule has 0 radical (unpaired) electrons. The molecule has 0 aliphatic rings. The van der Waals surface area contributed by atoms with Crippen LogP contribution in [0.2, 0.25) is 0 Å². The highest BCUT2D eigenvalue weighted by Crippen LogP contribution is 2.40. The molecular formula is C15H4F8O. The van der Waals surface area contributed by atoms with E-state index in [4.69, 9.17) is 4.42 Å². The molecule has 0 N–H and O–H groups in total. The van der Waals surface area contributed by atoms with Gasteiger partial charge in [-0.15, -0.1) is 0 Å². The molecule has 0 unspecified atom stereocenters. The van der Waals surface area contributed by atoms with Crippen molar-refractivity contribution in [2.24, 2.45) is 0 Å². The molecule has 1 aromatic heterocycles. The van der Waals surface area contributed by atoms with E-state index < -0.39 is 52.1 Å². The van der Waals surface area contributed by atoms with Crippen LogP contribution in [0.1, 0.15) is 5.56 Å². The van der Waals surface area contributed by atoms with Crippen LogP contribution in [0.3, 0.4) is 0 Å². The molecule has 0 atom stereocenters. The Hall–Kier alpha value is -2.58. The lowest BCUT2D eigenvalue weighted by molar-refractivity contribution is -0.143. The largest absolute Gasteiger partial charge is 0.456 e. The average Bonchev–Trinajstić information content (AvgIpc) is 2.86. The second-order valence-electron chi connectivity index (χ2n) is 4.80. The summed E-state index contributed by atoms with van der Waals surface area (Å²) in [5.41, 5.74) is -4.20. The molecule has 0 aliphatic heterocycles. The zero-order valence-corrected chi connectivity index (χ0v) is 11.2. The SMILES string of the molecule is Fc1ccc2oc(-c3c(F)c(F)c(C(F)(F)F)c(F)c3F)cc2c1. The second kappa shape index (κ2) is 5.22. The molecule has 0 spiro atoms. The van der Waals surface area contributed by atoms with Gasteiger partial charge in [-0.1, -0.05) is 0 Å². The maximum Gasteiger partial charge on any atom is 0.422 e. The van der Waals surface area contributed by atoms with Crippen LogP contribution < -0.4 is 0 Å². The van der Waals surface area contributed by atoms with Crippen molar-refractivity contribution in [2.45, 2.75) is 6.18 Å². The number of rotatable bonds is 1. The summed E-state index contributed by atoms with van der Waals surface area (Å²) in [5, 5.41) is 0.00418. The van der Waals surface area contributed by atoms with Crippen molar-refractivity contribution in [2.75, 3.05) is 0 Å². The molecule has 1 nitrogen and oxygen atoms in total. The third kappa shape index (κ3) is 2.40. The molecular weight excluding hydrogens is 348 g/mol. The van der Waals surface area contributed by atoms with Gasteiger partial charge in [-0.3, -0.25) is 0 Å². The highest BCUT2D eigenvalue weighted by molar-refractivity contribution is 5.83. The molecule has 24 heavy (non-hydrogen) atoms. The van der Waals surface area contributed by atoms with E-state index in [1.807, 2.05) is 0 Å². The van der Waals surface area contributed by atoms with Crippen molar-refractivity contribution in [1.29, 1.82) is 0 Å². The average molecular weight is 352 g/mol. The molecule has 0 saturated carbocycles. The molecule has 0 saturated heterocycles. The number of alkyl halides is 3. The minimum Gasteiger partial charge on any atom is -0.456 e. The summed E-state index contributed by atoms with van der Waals surface area (Å²) < 4.78 is 111. The lowest BCUT2D eigenvalue weighted by Gasteiger charge is -2.12. The molecule has 126 valence electrons. The van der Waals surface area contributed by atoms with Crippen molar-refractivity contribution >= 4 is 11.0 Å². The Kier molecular flexibility index (Phi) is 3.54. The molecule has 0 aliphatic carbocycles. The first-order valence-electron chi connectivity index (χ1n) is 6.24. The Morgan fingerprint density at radius 1 is 0.750 bits per heavy atom. The first-order valence-corrected chi connectivity index (χ1v) is 6.24. The van der Waals surface area contributed by atoms with Gasteiger partial charge in [0, 0.05) is 5.39 Å². The second-order valence-corrected chi connectivity index (χ2v) is 4.80. The molecule has 2 aromatic carbocycles. The molecule has 0 amide bonds. The van der Waals surface area contributed by atoms with Crippen molar-refractivity contribution in [3.63, 3.8) is 0 Å². The van der Waals surface area contributed by atoms with E-state index >= 15 is 0 Å². The fourth-order valence-corrected chi connectivity index (χ4v) is 2.23. The van der Waals surface area contributed by atoms with Gasteiger partial charge in [0.15, 0.2) is 23.3 Å². The zero-order chi connectivity index (χ0) is 17.8. The van der Waals surface area contributed by atoms with Gasteiger partial charge in [0.05, 0.1) is 5.56 Å². The number of halogens is 8. The van der Waals surface area contributed by atoms with Gasteiger partial charge < -0.3 is 4.42 Å². The van der Waals surface area contributed by atoms with Crippen LogP contribution in [-0.2, 0) is 6.18 Å². The predicted molar refractivity (Wildman–Crippen MR) is 66.4 cm³/mol. The standard InChI is InChI=1S/C15H4F8O/c16-6-1-2-7-5(3-6)4-8(24-7)9-11(17)13(19)10(15(21,22)23)14(20)12(9)18/h1-4H. The van der Waals surface area contributed by atoms with Gasteiger partial charge in [-0.2, -0.15) is 13.2 Å². The summed E-state index contributed by atoms with van der Waals surface area (Å²) in [6.07, 6.45) is -5.63. The highest BCUT2D eigenvalue weighted by Gasteiger charge is 2.42. The van der Waals surface area contributed by atoms with E-state index in [1.54, 1.807) is 0 Å². The Balaban J connectivity index is 2.31. The van der Waals surface area contributed by atoms with Gasteiger partial charge in [-0.25, -0.2) is 22.0 Å². The summed E-state index contributed by atoms with van der Waals surface area (Å²) in [6, 6.07) is 3.80. The molecule has 0 fully saturated rings. The first kappa shape index (κ1) is 16.3. The van der Waals surface area contributed by atoms with E-state index in [2.05, 4.69) is 0 Å². The van der Waals surface area contributed by atoms with Crippen LogP contribution in [0.25, 0.3) is 22.3 Å². The Morgan fingerprint density at radius 2 is 1.33 bits per heavy atom. The van der Waals surface area contributed by atoms with Crippen molar-refractivity contribution < 1.29 is 39.5 Å². The van der Waals surface area contributed by atoms with E-state index in [-0.39, 0.29) is 11.0 Å². The van der Waals surface area contributed by atoms with Gasteiger partial charge in [-0.05, 0) is 24.3 Å². The van der Waals surface area contributed by atoms with Crippen LogP contribution in [0.15, 0.2) is 28.7 Å². The molecule has 3 rings (SSSR count). The lowest BCUT2D eigenvalue weighted by atomic mass is 10.1. The molecule has 1 heterocycles. The summed E-state index contributed by atoms with van der Waals surface area (Å²) >= 11 is 0. The normalized spacial score (nSPS) is 12.2. The smallest absolute Gasteiger partial charge is 0.422 e. The lowest BCUT2D eigenvalue weighted by Crippen LogP contribution is -2.15. The number of hydrogen-bond donors (Lipinski definition) is 0. The fourth-order valence-electron chi connectivity index (χ4n) is 2.23. The maximum absolute atomic E-state index is 13.9. The van der Waals surface area contributed by atoms with Gasteiger partial charge >= 0.3 is 6.18 Å². The van der Waals surface area contributed by atoms with Crippen LogP contribution >= 0.6 is 0 Å². The van der Waals surface area contributed by atoms with Gasteiger partial charge in [0.25, 0.3) is 0 Å². The third-order valence-corrected chi connectivity index (χ3v) is 3.27. The third-order valence-electron chi connectivity index (χ3n) is 3.27. The van der Waals surface area contributed by atoms with Gasteiger partial charge in [0.1, 0.15) is 22.7 Å². The fraction of sp³-hybridized carbons (Fsp3) is 0.0667.